The number of nitrogens with zero attached hydrogens (tertiary/aromatic N) is 2. The lowest BCUT2D eigenvalue weighted by atomic mass is 10.2. The topological polar surface area (TPSA) is 56.9 Å². The third-order valence-electron chi connectivity index (χ3n) is 2.24. The minimum Gasteiger partial charge on any atom is -0.511 e. The fourth-order valence-electron chi connectivity index (χ4n) is 1.39. The van der Waals surface area contributed by atoms with Crippen molar-refractivity contribution in [3.63, 3.8) is 0 Å². The Bertz CT molecular complexity index is 559. The number of aromatic nitrogens is 1. The summed E-state index contributed by atoms with van der Waals surface area (Å²) < 4.78 is 1.02. The van der Waals surface area contributed by atoms with Crippen molar-refractivity contribution in [2.75, 3.05) is 0 Å². The van der Waals surface area contributed by atoms with E-state index in [1.165, 1.54) is 11.3 Å². The van der Waals surface area contributed by atoms with E-state index in [1.54, 1.807) is 6.92 Å². The molecular formula is C12H10N2OS. The lowest BCUT2D eigenvalue weighted by molar-refractivity contribution is 0.398. The molecule has 1 aromatic heterocycles. The number of rotatable bonds is 2. The van der Waals surface area contributed by atoms with E-state index in [9.17, 15) is 5.11 Å². The van der Waals surface area contributed by atoms with Gasteiger partial charge in [0.1, 0.15) is 22.4 Å². The largest absolute Gasteiger partial charge is 0.511 e. The first-order valence-electron chi connectivity index (χ1n) is 4.94. The van der Waals surface area contributed by atoms with E-state index >= 15 is 0 Å². The smallest absolute Gasteiger partial charge is 0.138 e. The van der Waals surface area contributed by atoms with Gasteiger partial charge in [0, 0.05) is 6.42 Å². The monoisotopic (exact) mass is 230 g/mol. The third-order valence-corrected chi connectivity index (χ3v) is 3.30. The Hall–Kier alpha value is -1.86. The molecule has 0 saturated heterocycles. The predicted molar refractivity (Wildman–Crippen MR) is 65.1 cm³/mol. The molecular weight excluding hydrogens is 220 g/mol. The summed E-state index contributed by atoms with van der Waals surface area (Å²) in [7, 11) is 0. The molecule has 4 heteroatoms. The molecule has 0 unspecified atom stereocenters. The van der Waals surface area contributed by atoms with Crippen LogP contribution in [0.5, 0.6) is 0 Å². The van der Waals surface area contributed by atoms with Crippen molar-refractivity contribution in [2.24, 2.45) is 0 Å². The Kier molecular flexibility index (Phi) is 2.88. The minimum absolute atomic E-state index is 0.0987. The van der Waals surface area contributed by atoms with Gasteiger partial charge in [-0.25, -0.2) is 4.98 Å². The molecule has 2 aromatic rings. The number of aliphatic hydroxyl groups excluding tert-OH is 1. The molecule has 0 aliphatic heterocycles. The van der Waals surface area contributed by atoms with Gasteiger partial charge in [-0.15, -0.1) is 11.3 Å². The van der Waals surface area contributed by atoms with Gasteiger partial charge >= 0.3 is 0 Å². The first-order chi connectivity index (χ1) is 7.76. The fourth-order valence-corrected chi connectivity index (χ4v) is 2.37. The van der Waals surface area contributed by atoms with E-state index in [0.29, 0.717) is 11.4 Å². The number of allylic oxidation sites excluding steroid dienone is 2. The Morgan fingerprint density at radius 1 is 1.50 bits per heavy atom. The number of benzene rings is 1. The average molecular weight is 230 g/mol. The molecule has 0 radical (unpaired) electrons. The normalized spacial score (nSPS) is 12.2. The molecule has 0 aliphatic rings. The number of hydrogen-bond acceptors (Lipinski definition) is 4. The van der Waals surface area contributed by atoms with Crippen LogP contribution < -0.4 is 0 Å². The van der Waals surface area contributed by atoms with Gasteiger partial charge in [0.2, 0.25) is 0 Å². The quantitative estimate of drug-likeness (QED) is 0.634. The van der Waals surface area contributed by atoms with Crippen molar-refractivity contribution in [1.82, 2.24) is 4.98 Å². The summed E-state index contributed by atoms with van der Waals surface area (Å²) in [5.41, 5.74) is 1.14. The van der Waals surface area contributed by atoms with Gasteiger partial charge < -0.3 is 5.11 Å². The molecule has 80 valence electrons. The second-order valence-corrected chi connectivity index (χ2v) is 4.30. The summed E-state index contributed by atoms with van der Waals surface area (Å²) >= 11 is 1.42. The Morgan fingerprint density at radius 3 is 2.88 bits per heavy atom. The van der Waals surface area contributed by atoms with Crippen LogP contribution >= 0.6 is 11.3 Å². The van der Waals surface area contributed by atoms with Gasteiger partial charge in [-0.2, -0.15) is 5.26 Å². The van der Waals surface area contributed by atoms with Gasteiger partial charge in [0.25, 0.3) is 0 Å². The third kappa shape index (κ3) is 1.77. The molecule has 0 spiro atoms. The fraction of sp³-hybridized carbons (Fsp3) is 0.167. The van der Waals surface area contributed by atoms with Gasteiger partial charge in [0.15, 0.2) is 0 Å². The van der Waals surface area contributed by atoms with E-state index < -0.39 is 0 Å². The molecule has 0 aliphatic carbocycles. The summed E-state index contributed by atoms with van der Waals surface area (Å²) in [6, 6.07) is 9.69. The molecule has 2 rings (SSSR count). The number of fused-ring (bicyclic) bond motifs is 1. The molecule has 3 nitrogen and oxygen atoms in total. The minimum atomic E-state index is 0.0987. The van der Waals surface area contributed by atoms with E-state index in [4.69, 9.17) is 5.26 Å². The zero-order chi connectivity index (χ0) is 11.5. The zero-order valence-corrected chi connectivity index (χ0v) is 9.58. The van der Waals surface area contributed by atoms with Crippen LogP contribution in [0, 0.1) is 11.3 Å². The number of aliphatic hydroxyl groups is 1. The molecule has 1 N–H and O–H groups in total. The Morgan fingerprint density at radius 2 is 2.25 bits per heavy atom. The molecule has 0 atom stereocenters. The van der Waals surface area contributed by atoms with Gasteiger partial charge in [-0.1, -0.05) is 19.1 Å². The standard InChI is InChI=1S/C12H10N2OS/c1-2-10(15)8(7-13)12-14-9-5-3-4-6-11(9)16-12/h3-6,15H,2H2,1H3/b10-8-. The van der Waals surface area contributed by atoms with Crippen molar-refractivity contribution in [3.8, 4) is 6.07 Å². The Balaban J connectivity index is 2.60. The second-order valence-electron chi connectivity index (χ2n) is 3.27. The second kappa shape index (κ2) is 4.33. The highest BCUT2D eigenvalue weighted by Crippen LogP contribution is 2.28. The zero-order valence-electron chi connectivity index (χ0n) is 8.77. The van der Waals surface area contributed by atoms with Crippen LogP contribution in [0.4, 0.5) is 0 Å². The highest BCUT2D eigenvalue weighted by atomic mass is 32.1. The van der Waals surface area contributed by atoms with Crippen molar-refractivity contribution >= 4 is 27.1 Å². The molecule has 0 amide bonds. The molecule has 1 aromatic carbocycles. The summed E-state index contributed by atoms with van der Waals surface area (Å²) in [5, 5.41) is 19.2. The lowest BCUT2D eigenvalue weighted by Crippen LogP contribution is -1.87. The summed E-state index contributed by atoms with van der Waals surface area (Å²) in [5.74, 6) is 0.0987. The van der Waals surface area contributed by atoms with E-state index in [0.717, 1.165) is 10.2 Å². The van der Waals surface area contributed by atoms with Gasteiger partial charge in [-0.05, 0) is 12.1 Å². The number of thiazole rings is 1. The molecule has 1 heterocycles. The van der Waals surface area contributed by atoms with Crippen LogP contribution in [0.1, 0.15) is 18.4 Å². The van der Waals surface area contributed by atoms with Crippen LogP contribution in [-0.2, 0) is 0 Å². The lowest BCUT2D eigenvalue weighted by Gasteiger charge is -1.96. The molecule has 0 fully saturated rings. The van der Waals surface area contributed by atoms with Crippen LogP contribution in [-0.4, -0.2) is 10.1 Å². The van der Waals surface area contributed by atoms with Gasteiger partial charge in [-0.3, -0.25) is 0 Å². The predicted octanol–water partition coefficient (Wildman–Crippen LogP) is 3.50. The van der Waals surface area contributed by atoms with Crippen LogP contribution in [0.3, 0.4) is 0 Å². The van der Waals surface area contributed by atoms with Gasteiger partial charge in [0.05, 0.1) is 10.2 Å². The number of hydrogen-bond donors (Lipinski definition) is 1. The van der Waals surface area contributed by atoms with Crippen LogP contribution in [0.2, 0.25) is 0 Å². The first kappa shape index (κ1) is 10.7. The van der Waals surface area contributed by atoms with Crippen molar-refractivity contribution < 1.29 is 5.11 Å². The molecule has 0 bridgehead atoms. The highest BCUT2D eigenvalue weighted by Gasteiger charge is 2.12. The maximum Gasteiger partial charge on any atom is 0.138 e. The summed E-state index contributed by atoms with van der Waals surface area (Å²) in [4.78, 5) is 4.33. The van der Waals surface area contributed by atoms with Crippen LogP contribution in [0.25, 0.3) is 15.8 Å². The maximum atomic E-state index is 9.62. The maximum absolute atomic E-state index is 9.62. The van der Waals surface area contributed by atoms with Crippen molar-refractivity contribution in [2.45, 2.75) is 13.3 Å². The molecule has 0 saturated carbocycles. The Labute approximate surface area is 97.3 Å². The molecule has 16 heavy (non-hydrogen) atoms. The average Bonchev–Trinajstić information content (AvgIpc) is 2.72. The SMILES string of the molecule is CC/C(O)=C(\C#N)c1nc2ccccc2s1. The number of nitriles is 1. The first-order valence-corrected chi connectivity index (χ1v) is 5.76. The summed E-state index contributed by atoms with van der Waals surface area (Å²) in [6.07, 6.45) is 0.443. The van der Waals surface area contributed by atoms with Crippen molar-refractivity contribution in [3.05, 3.63) is 35.0 Å². The summed E-state index contributed by atoms with van der Waals surface area (Å²) in [6.45, 7) is 1.81. The van der Waals surface area contributed by atoms with Crippen LogP contribution in [0.15, 0.2) is 30.0 Å². The highest BCUT2D eigenvalue weighted by molar-refractivity contribution is 7.19. The number of para-hydroxylation sites is 1. The van der Waals surface area contributed by atoms with E-state index in [1.807, 2.05) is 30.3 Å². The van der Waals surface area contributed by atoms with E-state index in [-0.39, 0.29) is 11.3 Å². The van der Waals surface area contributed by atoms with Crippen molar-refractivity contribution in [1.29, 1.82) is 5.26 Å². The van der Waals surface area contributed by atoms with E-state index in [2.05, 4.69) is 4.98 Å².